The third kappa shape index (κ3) is 4.11. The first-order valence-electron chi connectivity index (χ1n) is 7.27. The van der Waals surface area contributed by atoms with Crippen LogP contribution in [0.4, 0.5) is 0 Å². The van der Waals surface area contributed by atoms with Crippen molar-refractivity contribution in [3.8, 4) is 11.5 Å². The number of nitrogens with zero attached hydrogens (tertiary/aromatic N) is 1. The van der Waals surface area contributed by atoms with Gasteiger partial charge in [-0.3, -0.25) is 9.69 Å². The molecule has 1 N–H and O–H groups in total. The Hall–Kier alpha value is -1.75. The molecule has 0 bridgehead atoms. The second-order valence-electron chi connectivity index (χ2n) is 5.85. The van der Waals surface area contributed by atoms with Crippen LogP contribution in [0.5, 0.6) is 11.5 Å². The van der Waals surface area contributed by atoms with Crippen molar-refractivity contribution in [1.29, 1.82) is 0 Å². The molecule has 0 radical (unpaired) electrons. The number of aliphatic carboxylic acids is 1. The van der Waals surface area contributed by atoms with Crippen LogP contribution in [0.2, 0.25) is 0 Å². The second-order valence-corrected chi connectivity index (χ2v) is 5.85. The van der Waals surface area contributed by atoms with Crippen molar-refractivity contribution < 1.29 is 19.4 Å². The molecular formula is C16H23NO4. The predicted octanol–water partition coefficient (Wildman–Crippen LogP) is 2.26. The first-order valence-corrected chi connectivity index (χ1v) is 7.27. The lowest BCUT2D eigenvalue weighted by Crippen LogP contribution is -2.38. The average Bonchev–Trinajstić information content (AvgIpc) is 2.81. The Bertz CT molecular complexity index is 472. The van der Waals surface area contributed by atoms with E-state index in [9.17, 15) is 9.90 Å². The van der Waals surface area contributed by atoms with Gasteiger partial charge in [0.05, 0.1) is 7.11 Å². The standard InChI is InChI=1S/C16H23NO4/c1-11(2)9-17-10-14(8-15(17)16(18)19)21-13-6-4-12(20-3)5-7-13/h4-7,11,14-15H,8-10H2,1-3H3,(H,18,19)/t14-,15-/m0/s1. The van der Waals surface area contributed by atoms with Crippen LogP contribution in [0.1, 0.15) is 20.3 Å². The number of rotatable bonds is 6. The fourth-order valence-corrected chi connectivity index (χ4v) is 2.72. The molecular weight excluding hydrogens is 270 g/mol. The maximum Gasteiger partial charge on any atom is 0.321 e. The lowest BCUT2D eigenvalue weighted by atomic mass is 10.1. The Morgan fingerprint density at radius 3 is 2.48 bits per heavy atom. The predicted molar refractivity (Wildman–Crippen MR) is 79.9 cm³/mol. The number of hydrogen-bond donors (Lipinski definition) is 1. The monoisotopic (exact) mass is 293 g/mol. The van der Waals surface area contributed by atoms with Gasteiger partial charge in [0.2, 0.25) is 0 Å². The van der Waals surface area contributed by atoms with E-state index in [0.717, 1.165) is 18.0 Å². The molecule has 2 atom stereocenters. The summed E-state index contributed by atoms with van der Waals surface area (Å²) in [5, 5.41) is 9.33. The zero-order valence-corrected chi connectivity index (χ0v) is 12.8. The maximum atomic E-state index is 11.4. The summed E-state index contributed by atoms with van der Waals surface area (Å²) < 4.78 is 11.0. The van der Waals surface area contributed by atoms with E-state index in [4.69, 9.17) is 9.47 Å². The zero-order valence-electron chi connectivity index (χ0n) is 12.8. The molecule has 0 aromatic heterocycles. The summed E-state index contributed by atoms with van der Waals surface area (Å²) in [6, 6.07) is 6.92. The number of hydrogen-bond acceptors (Lipinski definition) is 4. The van der Waals surface area contributed by atoms with Crippen molar-refractivity contribution in [2.75, 3.05) is 20.2 Å². The lowest BCUT2D eigenvalue weighted by molar-refractivity contribution is -0.142. The van der Waals surface area contributed by atoms with E-state index in [2.05, 4.69) is 13.8 Å². The smallest absolute Gasteiger partial charge is 0.321 e. The van der Waals surface area contributed by atoms with E-state index in [-0.39, 0.29) is 6.10 Å². The van der Waals surface area contributed by atoms with Crippen LogP contribution in [-0.4, -0.2) is 48.3 Å². The highest BCUT2D eigenvalue weighted by Gasteiger charge is 2.38. The molecule has 0 spiro atoms. The van der Waals surface area contributed by atoms with Crippen LogP contribution >= 0.6 is 0 Å². The van der Waals surface area contributed by atoms with Gasteiger partial charge in [-0.1, -0.05) is 13.8 Å². The number of benzene rings is 1. The van der Waals surface area contributed by atoms with Gasteiger partial charge in [-0.2, -0.15) is 0 Å². The maximum absolute atomic E-state index is 11.4. The number of carboxylic acid groups (broad SMARTS) is 1. The lowest BCUT2D eigenvalue weighted by Gasteiger charge is -2.22. The summed E-state index contributed by atoms with van der Waals surface area (Å²) in [5.74, 6) is 1.19. The molecule has 5 nitrogen and oxygen atoms in total. The molecule has 1 aromatic rings. The molecule has 1 saturated heterocycles. The van der Waals surface area contributed by atoms with Gasteiger partial charge in [0.1, 0.15) is 23.6 Å². The summed E-state index contributed by atoms with van der Waals surface area (Å²) in [7, 11) is 1.62. The minimum Gasteiger partial charge on any atom is -0.497 e. The summed E-state index contributed by atoms with van der Waals surface area (Å²) >= 11 is 0. The molecule has 1 aliphatic heterocycles. The summed E-state index contributed by atoms with van der Waals surface area (Å²) in [6.07, 6.45) is 0.437. The molecule has 2 rings (SSSR count). The van der Waals surface area contributed by atoms with Crippen molar-refractivity contribution in [1.82, 2.24) is 4.90 Å². The third-order valence-electron chi connectivity index (χ3n) is 3.61. The number of carbonyl (C=O) groups is 1. The van der Waals surface area contributed by atoms with Crippen molar-refractivity contribution >= 4 is 5.97 Å². The molecule has 0 amide bonds. The minimum atomic E-state index is -0.767. The normalized spacial score (nSPS) is 22.5. The van der Waals surface area contributed by atoms with Crippen molar-refractivity contribution in [3.63, 3.8) is 0 Å². The highest BCUT2D eigenvalue weighted by atomic mass is 16.5. The van der Waals surface area contributed by atoms with E-state index >= 15 is 0 Å². The largest absolute Gasteiger partial charge is 0.497 e. The highest BCUT2D eigenvalue weighted by Crippen LogP contribution is 2.25. The quantitative estimate of drug-likeness (QED) is 0.872. The molecule has 1 fully saturated rings. The van der Waals surface area contributed by atoms with E-state index in [0.29, 0.717) is 18.9 Å². The molecule has 0 aliphatic carbocycles. The third-order valence-corrected chi connectivity index (χ3v) is 3.61. The number of likely N-dealkylation sites (tertiary alicyclic amines) is 1. The fraction of sp³-hybridized carbons (Fsp3) is 0.562. The van der Waals surface area contributed by atoms with E-state index in [1.807, 2.05) is 29.2 Å². The topological polar surface area (TPSA) is 59.0 Å². The molecule has 0 unspecified atom stereocenters. The Kier molecular flexibility index (Phi) is 5.07. The van der Waals surface area contributed by atoms with Gasteiger partial charge in [0.15, 0.2) is 0 Å². The van der Waals surface area contributed by atoms with Gasteiger partial charge in [-0.25, -0.2) is 0 Å². The van der Waals surface area contributed by atoms with Crippen LogP contribution < -0.4 is 9.47 Å². The van der Waals surface area contributed by atoms with E-state index < -0.39 is 12.0 Å². The van der Waals surface area contributed by atoms with Crippen molar-refractivity contribution in [2.24, 2.45) is 5.92 Å². The minimum absolute atomic E-state index is 0.0850. The van der Waals surface area contributed by atoms with E-state index in [1.54, 1.807) is 7.11 Å². The molecule has 0 saturated carbocycles. The average molecular weight is 293 g/mol. The Balaban J connectivity index is 1.99. The van der Waals surface area contributed by atoms with Crippen molar-refractivity contribution in [2.45, 2.75) is 32.4 Å². The number of carboxylic acids is 1. The molecule has 21 heavy (non-hydrogen) atoms. The number of ether oxygens (including phenoxy) is 2. The molecule has 116 valence electrons. The zero-order chi connectivity index (χ0) is 15.4. The number of methoxy groups -OCH3 is 1. The first kappa shape index (κ1) is 15.6. The SMILES string of the molecule is COc1ccc(O[C@H]2C[C@@H](C(=O)O)N(CC(C)C)C2)cc1. The Labute approximate surface area is 125 Å². The van der Waals surface area contributed by atoms with Gasteiger partial charge < -0.3 is 14.6 Å². The summed E-state index contributed by atoms with van der Waals surface area (Å²) in [5.41, 5.74) is 0. The van der Waals surface area contributed by atoms with Crippen LogP contribution in [-0.2, 0) is 4.79 Å². The molecule has 1 aromatic carbocycles. The van der Waals surface area contributed by atoms with Gasteiger partial charge in [0.25, 0.3) is 0 Å². The van der Waals surface area contributed by atoms with E-state index in [1.165, 1.54) is 0 Å². The summed E-state index contributed by atoms with van der Waals surface area (Å²) in [4.78, 5) is 13.4. The van der Waals surface area contributed by atoms with Gasteiger partial charge in [0, 0.05) is 19.5 Å². The van der Waals surface area contributed by atoms with Gasteiger partial charge >= 0.3 is 5.97 Å². The van der Waals surface area contributed by atoms with Crippen LogP contribution in [0.3, 0.4) is 0 Å². The van der Waals surface area contributed by atoms with Crippen LogP contribution in [0.15, 0.2) is 24.3 Å². The highest BCUT2D eigenvalue weighted by molar-refractivity contribution is 5.74. The Morgan fingerprint density at radius 2 is 1.95 bits per heavy atom. The van der Waals surface area contributed by atoms with Gasteiger partial charge in [-0.15, -0.1) is 0 Å². The molecule has 1 heterocycles. The summed E-state index contributed by atoms with van der Waals surface area (Å²) in [6.45, 7) is 5.62. The Morgan fingerprint density at radius 1 is 1.33 bits per heavy atom. The van der Waals surface area contributed by atoms with Gasteiger partial charge in [-0.05, 0) is 30.2 Å². The van der Waals surface area contributed by atoms with Crippen molar-refractivity contribution in [3.05, 3.63) is 24.3 Å². The second kappa shape index (κ2) is 6.80. The molecule has 5 heteroatoms. The van der Waals surface area contributed by atoms with Crippen LogP contribution in [0.25, 0.3) is 0 Å². The van der Waals surface area contributed by atoms with Crippen LogP contribution in [0, 0.1) is 5.92 Å². The molecule has 1 aliphatic rings. The fourth-order valence-electron chi connectivity index (χ4n) is 2.72. The first-order chi connectivity index (χ1) is 9.99.